The molecule has 0 spiro atoms. The zero-order valence-corrected chi connectivity index (χ0v) is 23.8. The van der Waals surface area contributed by atoms with Gasteiger partial charge in [-0.3, -0.25) is 0 Å². The molecule has 0 aromatic heterocycles. The first kappa shape index (κ1) is 28.4. The number of rotatable bonds is 9. The molecule has 4 aromatic rings. The Labute approximate surface area is 242 Å². The molecule has 0 radical (unpaired) electrons. The zero-order valence-electron chi connectivity index (χ0n) is 23.8. The summed E-state index contributed by atoms with van der Waals surface area (Å²) in [6, 6.07) is 34.2. The van der Waals surface area contributed by atoms with Gasteiger partial charge in [0.1, 0.15) is 18.0 Å². The molecule has 1 aliphatic rings. The van der Waals surface area contributed by atoms with Crippen molar-refractivity contribution in [3.05, 3.63) is 125 Å². The van der Waals surface area contributed by atoms with Gasteiger partial charge in [-0.05, 0) is 72.4 Å². The number of benzene rings is 4. The van der Waals surface area contributed by atoms with Gasteiger partial charge in [0, 0.05) is 6.42 Å². The summed E-state index contributed by atoms with van der Waals surface area (Å²) >= 11 is 0. The van der Waals surface area contributed by atoms with Crippen molar-refractivity contribution in [2.45, 2.75) is 51.7 Å². The van der Waals surface area contributed by atoms with E-state index in [9.17, 15) is 4.79 Å². The Hall–Kier alpha value is -4.13. The topological polar surface area (TPSA) is 66.0 Å². The van der Waals surface area contributed by atoms with E-state index >= 15 is 0 Å². The molecule has 1 unspecified atom stereocenters. The van der Waals surface area contributed by atoms with E-state index in [1.54, 1.807) is 0 Å². The first-order chi connectivity index (χ1) is 19.8. The van der Waals surface area contributed by atoms with E-state index in [0.717, 1.165) is 40.0 Å². The average molecular weight is 552 g/mol. The van der Waals surface area contributed by atoms with Gasteiger partial charge in [0.25, 0.3) is 0 Å². The predicted octanol–water partition coefficient (Wildman–Crippen LogP) is 7.46. The van der Waals surface area contributed by atoms with Crippen LogP contribution in [0.1, 0.15) is 49.1 Å². The second-order valence-electron chi connectivity index (χ2n) is 11.1. The van der Waals surface area contributed by atoms with E-state index < -0.39 is 11.7 Å². The third kappa shape index (κ3) is 8.19. The first-order valence-electron chi connectivity index (χ1n) is 14.0. The van der Waals surface area contributed by atoms with Gasteiger partial charge in [-0.2, -0.15) is 0 Å². The highest BCUT2D eigenvalue weighted by Crippen LogP contribution is 2.27. The maximum atomic E-state index is 12.7. The maximum absolute atomic E-state index is 12.7. The van der Waals surface area contributed by atoms with Crippen molar-refractivity contribution in [2.75, 3.05) is 13.2 Å². The molecule has 1 atom stereocenters. The van der Waals surface area contributed by atoms with Crippen LogP contribution in [0.25, 0.3) is 11.1 Å². The molecule has 5 rings (SSSR count). The Bertz CT molecular complexity index is 1420. The van der Waals surface area contributed by atoms with Crippen LogP contribution < -0.4 is 10.1 Å². The molecule has 1 heterocycles. The van der Waals surface area contributed by atoms with Crippen LogP contribution in [0.4, 0.5) is 4.79 Å². The van der Waals surface area contributed by atoms with Gasteiger partial charge >= 0.3 is 6.09 Å². The highest BCUT2D eigenvalue weighted by Gasteiger charge is 2.22. The van der Waals surface area contributed by atoms with Crippen molar-refractivity contribution in [1.29, 1.82) is 0 Å². The lowest BCUT2D eigenvalue weighted by molar-refractivity contribution is -0.0399. The molecule has 1 N–H and O–H groups in total. The van der Waals surface area contributed by atoms with Crippen LogP contribution in [0.15, 0.2) is 103 Å². The van der Waals surface area contributed by atoms with Crippen LogP contribution >= 0.6 is 0 Å². The van der Waals surface area contributed by atoms with Crippen LogP contribution in [0, 0.1) is 0 Å². The molecule has 1 aliphatic heterocycles. The molecule has 0 aliphatic carbocycles. The van der Waals surface area contributed by atoms with Crippen molar-refractivity contribution >= 4 is 6.09 Å². The third-order valence-corrected chi connectivity index (χ3v) is 6.70. The van der Waals surface area contributed by atoms with Crippen LogP contribution in [-0.2, 0) is 27.2 Å². The quantitative estimate of drug-likeness (QED) is 0.234. The number of alkyl carbamates (subject to hydrolysis) is 1. The molecule has 212 valence electrons. The number of ether oxygens (including phenoxy) is 4. The lowest BCUT2D eigenvalue weighted by Gasteiger charge is -2.24. The third-order valence-electron chi connectivity index (χ3n) is 6.70. The molecule has 0 bridgehead atoms. The Morgan fingerprint density at radius 3 is 2.24 bits per heavy atom. The molecular formula is C35H37NO5. The standard InChI is InChI=1S/C35H37NO5/c1-35(2,3)41-34(37)36-33(28-10-5-4-6-11-28)30-13-8-14-31(23-30)40-24-26-9-7-12-29(21-26)27-17-15-25(16-18-27)22-32-38-19-20-39-32/h4-18,21,23,32-33H,19-20,22,24H2,1-3H3,(H,36,37). The minimum atomic E-state index is -0.591. The minimum Gasteiger partial charge on any atom is -0.489 e. The van der Waals surface area contributed by atoms with Crippen molar-refractivity contribution in [3.63, 3.8) is 0 Å². The van der Waals surface area contributed by atoms with Gasteiger partial charge < -0.3 is 24.3 Å². The van der Waals surface area contributed by atoms with Crippen molar-refractivity contribution in [3.8, 4) is 16.9 Å². The molecule has 1 saturated heterocycles. The first-order valence-corrected chi connectivity index (χ1v) is 14.0. The summed E-state index contributed by atoms with van der Waals surface area (Å²) in [6.07, 6.45) is 0.143. The van der Waals surface area contributed by atoms with Crippen molar-refractivity contribution in [1.82, 2.24) is 5.32 Å². The van der Waals surface area contributed by atoms with E-state index in [2.05, 4.69) is 53.8 Å². The second kappa shape index (κ2) is 13.0. The monoisotopic (exact) mass is 551 g/mol. The van der Waals surface area contributed by atoms with Gasteiger partial charge in [-0.1, -0.05) is 84.9 Å². The number of carbonyl (C=O) groups excluding carboxylic acids is 1. The van der Waals surface area contributed by atoms with Gasteiger partial charge in [0.2, 0.25) is 0 Å². The Kier molecular flexibility index (Phi) is 9.02. The Balaban J connectivity index is 1.26. The second-order valence-corrected chi connectivity index (χ2v) is 11.1. The van der Waals surface area contributed by atoms with Gasteiger partial charge in [-0.15, -0.1) is 0 Å². The molecule has 6 nitrogen and oxygen atoms in total. The number of nitrogens with one attached hydrogen (secondary N) is 1. The minimum absolute atomic E-state index is 0.143. The SMILES string of the molecule is CC(C)(C)OC(=O)NC(c1ccccc1)c1cccc(OCc2cccc(-c3ccc(CC4OCCO4)cc3)c2)c1. The van der Waals surface area contributed by atoms with Gasteiger partial charge in [0.05, 0.1) is 19.3 Å². The normalized spacial score (nSPS) is 14.4. The fourth-order valence-corrected chi connectivity index (χ4v) is 4.77. The fraction of sp³-hybridized carbons (Fsp3) is 0.286. The summed E-state index contributed by atoms with van der Waals surface area (Å²) in [4.78, 5) is 12.7. The summed E-state index contributed by atoms with van der Waals surface area (Å²) in [5, 5.41) is 3.03. The molecule has 0 saturated carbocycles. The highest BCUT2D eigenvalue weighted by atomic mass is 16.7. The molecule has 4 aromatic carbocycles. The highest BCUT2D eigenvalue weighted by molar-refractivity contribution is 5.69. The van der Waals surface area contributed by atoms with E-state index in [4.69, 9.17) is 18.9 Å². The van der Waals surface area contributed by atoms with Gasteiger partial charge in [-0.25, -0.2) is 4.79 Å². The van der Waals surface area contributed by atoms with Crippen molar-refractivity contribution in [2.24, 2.45) is 0 Å². The van der Waals surface area contributed by atoms with Crippen LogP contribution in [-0.4, -0.2) is 31.2 Å². The zero-order chi connectivity index (χ0) is 28.7. The number of hydrogen-bond acceptors (Lipinski definition) is 5. The number of carbonyl (C=O) groups is 1. The van der Waals surface area contributed by atoms with E-state index in [1.165, 1.54) is 5.56 Å². The smallest absolute Gasteiger partial charge is 0.408 e. The summed E-state index contributed by atoms with van der Waals surface area (Å²) in [5.74, 6) is 0.723. The molecule has 1 amide bonds. The summed E-state index contributed by atoms with van der Waals surface area (Å²) in [5.41, 5.74) is 5.80. The van der Waals surface area contributed by atoms with Gasteiger partial charge in [0.15, 0.2) is 6.29 Å². The van der Waals surface area contributed by atoms with E-state index in [0.29, 0.717) is 19.8 Å². The largest absolute Gasteiger partial charge is 0.489 e. The number of amides is 1. The van der Waals surface area contributed by atoms with Crippen LogP contribution in [0.2, 0.25) is 0 Å². The number of hydrogen-bond donors (Lipinski definition) is 1. The maximum Gasteiger partial charge on any atom is 0.408 e. The summed E-state index contributed by atoms with van der Waals surface area (Å²) in [6.45, 7) is 7.30. The predicted molar refractivity (Wildman–Crippen MR) is 160 cm³/mol. The van der Waals surface area contributed by atoms with Crippen LogP contribution in [0.5, 0.6) is 5.75 Å². The van der Waals surface area contributed by atoms with E-state index in [1.807, 2.05) is 75.4 Å². The molecule has 41 heavy (non-hydrogen) atoms. The lowest BCUT2D eigenvalue weighted by atomic mass is 9.98. The van der Waals surface area contributed by atoms with Crippen molar-refractivity contribution < 1.29 is 23.7 Å². The fourth-order valence-electron chi connectivity index (χ4n) is 4.77. The summed E-state index contributed by atoms with van der Waals surface area (Å²) in [7, 11) is 0. The summed E-state index contributed by atoms with van der Waals surface area (Å²) < 4.78 is 22.9. The molecule has 6 heteroatoms. The van der Waals surface area contributed by atoms with Crippen LogP contribution in [0.3, 0.4) is 0 Å². The van der Waals surface area contributed by atoms with E-state index in [-0.39, 0.29) is 12.3 Å². The molecule has 1 fully saturated rings. The average Bonchev–Trinajstić information content (AvgIpc) is 3.48. The Morgan fingerprint density at radius 1 is 0.805 bits per heavy atom. The molecular weight excluding hydrogens is 514 g/mol. The lowest BCUT2D eigenvalue weighted by Crippen LogP contribution is -2.35. The Morgan fingerprint density at radius 2 is 1.51 bits per heavy atom.